The van der Waals surface area contributed by atoms with E-state index in [4.69, 9.17) is 14.6 Å². The van der Waals surface area contributed by atoms with E-state index in [-0.39, 0.29) is 10.5 Å². The molecule has 0 aliphatic rings. The van der Waals surface area contributed by atoms with Gasteiger partial charge in [0.05, 0.1) is 18.6 Å². The number of methoxy groups -OCH3 is 1. The molecule has 9 heteroatoms. The van der Waals surface area contributed by atoms with E-state index in [1.807, 2.05) is 6.07 Å². The monoisotopic (exact) mass is 457 g/mol. The lowest BCUT2D eigenvalue weighted by Gasteiger charge is -2.11. The molecule has 3 N–H and O–H groups in total. The number of hydrogen-bond acceptors (Lipinski definition) is 6. The van der Waals surface area contributed by atoms with E-state index in [2.05, 4.69) is 12.2 Å². The predicted molar refractivity (Wildman–Crippen MR) is 123 cm³/mol. The zero-order valence-corrected chi connectivity index (χ0v) is 18.9. The summed E-state index contributed by atoms with van der Waals surface area (Å²) in [4.78, 5) is 12.4. The van der Waals surface area contributed by atoms with E-state index >= 15 is 0 Å². The first kappa shape index (κ1) is 24.9. The average Bonchev–Trinajstić information content (AvgIpc) is 2.77. The molecular formula is C23H27N3O5S. The molecule has 0 aromatic heterocycles. The Bertz CT molecular complexity index is 1100. The van der Waals surface area contributed by atoms with E-state index in [0.29, 0.717) is 29.4 Å². The minimum Gasteiger partial charge on any atom is -0.493 e. The zero-order valence-electron chi connectivity index (χ0n) is 18.1. The van der Waals surface area contributed by atoms with Crippen molar-refractivity contribution in [3.63, 3.8) is 0 Å². The first-order chi connectivity index (χ1) is 15.3. The van der Waals surface area contributed by atoms with Crippen LogP contribution in [-0.4, -0.2) is 28.0 Å². The van der Waals surface area contributed by atoms with Gasteiger partial charge in [-0.1, -0.05) is 32.3 Å². The number of hydrogen-bond donors (Lipinski definition) is 2. The Morgan fingerprint density at radius 3 is 2.44 bits per heavy atom. The van der Waals surface area contributed by atoms with Crippen molar-refractivity contribution in [3.8, 4) is 17.6 Å². The van der Waals surface area contributed by atoms with Gasteiger partial charge >= 0.3 is 0 Å². The van der Waals surface area contributed by atoms with Crippen LogP contribution in [0.4, 0.5) is 5.69 Å². The number of anilines is 1. The van der Waals surface area contributed by atoms with Crippen LogP contribution in [0.5, 0.6) is 11.5 Å². The standard InChI is InChI=1S/C23H27N3O5S/c1-3-4-5-6-13-31-21-12-7-17(15-22(21)30-2)14-18(16-24)23(27)26-19-8-10-20(11-9-19)32(25,28)29/h7-12,14-15H,3-6,13H2,1-2H3,(H,26,27)(H2,25,28,29)/b18-14-. The third-order valence-corrected chi connectivity index (χ3v) is 5.49. The van der Waals surface area contributed by atoms with E-state index in [9.17, 15) is 18.5 Å². The number of nitrogens with one attached hydrogen (secondary N) is 1. The van der Waals surface area contributed by atoms with Crippen LogP contribution in [-0.2, 0) is 14.8 Å². The van der Waals surface area contributed by atoms with Gasteiger partial charge in [-0.2, -0.15) is 5.26 Å². The second kappa shape index (κ2) is 11.9. The molecular weight excluding hydrogens is 430 g/mol. The number of nitriles is 1. The van der Waals surface area contributed by atoms with Gasteiger partial charge in [-0.3, -0.25) is 4.79 Å². The first-order valence-electron chi connectivity index (χ1n) is 10.1. The van der Waals surface area contributed by atoms with Gasteiger partial charge in [-0.05, 0) is 54.5 Å². The largest absolute Gasteiger partial charge is 0.493 e. The van der Waals surface area contributed by atoms with Crippen LogP contribution in [0.2, 0.25) is 0 Å². The zero-order chi connectivity index (χ0) is 23.6. The van der Waals surface area contributed by atoms with Gasteiger partial charge in [-0.15, -0.1) is 0 Å². The average molecular weight is 458 g/mol. The number of nitrogens with two attached hydrogens (primary N) is 1. The topological polar surface area (TPSA) is 132 Å². The van der Waals surface area contributed by atoms with Gasteiger partial charge in [0.25, 0.3) is 5.91 Å². The number of benzene rings is 2. The molecule has 32 heavy (non-hydrogen) atoms. The smallest absolute Gasteiger partial charge is 0.266 e. The number of nitrogens with zero attached hydrogens (tertiary/aromatic N) is 1. The van der Waals surface area contributed by atoms with Crippen molar-refractivity contribution < 1.29 is 22.7 Å². The summed E-state index contributed by atoms with van der Waals surface area (Å²) in [6.45, 7) is 2.73. The number of carbonyl (C=O) groups excluding carboxylic acids is 1. The minimum atomic E-state index is -3.83. The highest BCUT2D eigenvalue weighted by Gasteiger charge is 2.12. The fraction of sp³-hybridized carbons (Fsp3) is 0.304. The van der Waals surface area contributed by atoms with E-state index < -0.39 is 15.9 Å². The quantitative estimate of drug-likeness (QED) is 0.299. The molecule has 0 heterocycles. The number of sulfonamides is 1. The summed E-state index contributed by atoms with van der Waals surface area (Å²) in [7, 11) is -2.31. The highest BCUT2D eigenvalue weighted by atomic mass is 32.2. The summed E-state index contributed by atoms with van der Waals surface area (Å²) >= 11 is 0. The fourth-order valence-corrected chi connectivity index (χ4v) is 3.36. The molecule has 0 aliphatic heterocycles. The van der Waals surface area contributed by atoms with Crippen LogP contribution in [0, 0.1) is 11.3 Å². The summed E-state index contributed by atoms with van der Waals surface area (Å²) < 4.78 is 33.8. The Morgan fingerprint density at radius 2 is 1.84 bits per heavy atom. The number of carbonyl (C=O) groups is 1. The molecule has 170 valence electrons. The van der Waals surface area contributed by atoms with Gasteiger partial charge in [0.15, 0.2) is 11.5 Å². The van der Waals surface area contributed by atoms with Crippen molar-refractivity contribution in [2.75, 3.05) is 19.0 Å². The van der Waals surface area contributed by atoms with Crippen LogP contribution in [0.3, 0.4) is 0 Å². The number of primary sulfonamides is 1. The molecule has 0 radical (unpaired) electrons. The van der Waals surface area contributed by atoms with E-state index in [1.165, 1.54) is 43.9 Å². The molecule has 2 aromatic rings. The minimum absolute atomic E-state index is 0.0775. The maximum Gasteiger partial charge on any atom is 0.266 e. The van der Waals surface area contributed by atoms with Gasteiger partial charge in [0.2, 0.25) is 10.0 Å². The predicted octanol–water partition coefficient (Wildman–Crippen LogP) is 3.85. The highest BCUT2D eigenvalue weighted by molar-refractivity contribution is 7.89. The maximum atomic E-state index is 12.5. The second-order valence-electron chi connectivity index (χ2n) is 7.01. The molecule has 1 amide bonds. The lowest BCUT2D eigenvalue weighted by molar-refractivity contribution is -0.112. The van der Waals surface area contributed by atoms with Gasteiger partial charge in [0, 0.05) is 5.69 Å². The molecule has 0 saturated heterocycles. The molecule has 2 aromatic carbocycles. The second-order valence-corrected chi connectivity index (χ2v) is 8.57. The molecule has 0 aliphatic carbocycles. The molecule has 0 spiro atoms. The molecule has 0 atom stereocenters. The number of unbranched alkanes of at least 4 members (excludes halogenated alkanes) is 3. The highest BCUT2D eigenvalue weighted by Crippen LogP contribution is 2.29. The van der Waals surface area contributed by atoms with Crippen LogP contribution < -0.4 is 19.9 Å². The summed E-state index contributed by atoms with van der Waals surface area (Å²) in [5.74, 6) is 0.468. The van der Waals surface area contributed by atoms with Crippen molar-refractivity contribution in [1.29, 1.82) is 5.26 Å². The Kier molecular flexibility index (Phi) is 9.25. The van der Waals surface area contributed by atoms with Crippen molar-refractivity contribution in [2.45, 2.75) is 37.5 Å². The summed E-state index contributed by atoms with van der Waals surface area (Å²) in [5, 5.41) is 17.0. The molecule has 0 fully saturated rings. The lowest BCUT2D eigenvalue weighted by Crippen LogP contribution is -2.14. The Labute approximate surface area is 188 Å². The van der Waals surface area contributed by atoms with Crippen LogP contribution in [0.25, 0.3) is 6.08 Å². The summed E-state index contributed by atoms with van der Waals surface area (Å²) in [5.41, 5.74) is 0.792. The number of rotatable bonds is 11. The summed E-state index contributed by atoms with van der Waals surface area (Å²) in [6.07, 6.45) is 5.81. The SMILES string of the molecule is CCCCCCOc1ccc(/C=C(/C#N)C(=O)Nc2ccc(S(N)(=O)=O)cc2)cc1OC. The molecule has 0 unspecified atom stereocenters. The van der Waals surface area contributed by atoms with Crippen molar-refractivity contribution in [2.24, 2.45) is 5.14 Å². The third-order valence-electron chi connectivity index (χ3n) is 4.56. The first-order valence-corrected chi connectivity index (χ1v) is 11.7. The van der Waals surface area contributed by atoms with E-state index in [0.717, 1.165) is 19.3 Å². The van der Waals surface area contributed by atoms with Crippen molar-refractivity contribution in [3.05, 3.63) is 53.6 Å². The fourth-order valence-electron chi connectivity index (χ4n) is 2.85. The Morgan fingerprint density at radius 1 is 1.12 bits per heavy atom. The van der Waals surface area contributed by atoms with Crippen LogP contribution in [0.1, 0.15) is 38.2 Å². The molecule has 0 bridgehead atoms. The number of ether oxygens (including phenoxy) is 2. The summed E-state index contributed by atoms with van der Waals surface area (Å²) in [6, 6.07) is 12.4. The molecule has 0 saturated carbocycles. The Balaban J connectivity index is 2.11. The maximum absolute atomic E-state index is 12.5. The van der Waals surface area contributed by atoms with Crippen LogP contribution in [0.15, 0.2) is 52.9 Å². The van der Waals surface area contributed by atoms with Gasteiger partial charge < -0.3 is 14.8 Å². The van der Waals surface area contributed by atoms with Gasteiger partial charge in [-0.25, -0.2) is 13.6 Å². The number of amides is 1. The van der Waals surface area contributed by atoms with E-state index in [1.54, 1.807) is 18.2 Å². The van der Waals surface area contributed by atoms with Crippen molar-refractivity contribution >= 4 is 27.7 Å². The van der Waals surface area contributed by atoms with Crippen LogP contribution >= 0.6 is 0 Å². The normalized spacial score (nSPS) is 11.5. The molecule has 8 nitrogen and oxygen atoms in total. The lowest BCUT2D eigenvalue weighted by atomic mass is 10.1. The molecule has 2 rings (SSSR count). The Hall–Kier alpha value is -3.35. The van der Waals surface area contributed by atoms with Gasteiger partial charge in [0.1, 0.15) is 11.6 Å². The third kappa shape index (κ3) is 7.41. The van der Waals surface area contributed by atoms with Crippen molar-refractivity contribution in [1.82, 2.24) is 0 Å².